The van der Waals surface area contributed by atoms with Crippen LogP contribution in [0, 0.1) is 0 Å². The van der Waals surface area contributed by atoms with Gasteiger partial charge >= 0.3 is 0 Å². The largest absolute Gasteiger partial charge is 0.309 e. The molecule has 0 fully saturated rings. The van der Waals surface area contributed by atoms with Gasteiger partial charge in [0.1, 0.15) is 11.6 Å². The molecule has 0 aliphatic carbocycles. The van der Waals surface area contributed by atoms with Gasteiger partial charge in [0, 0.05) is 31.4 Å². The van der Waals surface area contributed by atoms with Crippen molar-refractivity contribution in [3.05, 3.63) is 42.1 Å². The number of rotatable bonds is 6. The second-order valence-electron chi connectivity index (χ2n) is 4.99. The third-order valence-corrected chi connectivity index (χ3v) is 2.92. The lowest BCUT2D eigenvalue weighted by molar-refractivity contribution is 0.580. The van der Waals surface area contributed by atoms with Crippen molar-refractivity contribution in [1.82, 2.24) is 19.9 Å². The summed E-state index contributed by atoms with van der Waals surface area (Å²) in [6.07, 6.45) is 5.88. The SMILES string of the molecule is CCCc1nccn1-c1cccc(CNC(C)C)n1. The van der Waals surface area contributed by atoms with Crippen LogP contribution in [-0.2, 0) is 13.0 Å². The van der Waals surface area contributed by atoms with Gasteiger partial charge in [-0.3, -0.25) is 4.57 Å². The Kier molecular flexibility index (Phi) is 4.68. The summed E-state index contributed by atoms with van der Waals surface area (Å²) >= 11 is 0. The van der Waals surface area contributed by atoms with E-state index in [1.54, 1.807) is 0 Å². The van der Waals surface area contributed by atoms with Crippen LogP contribution in [0.15, 0.2) is 30.6 Å². The quantitative estimate of drug-likeness (QED) is 0.866. The minimum Gasteiger partial charge on any atom is -0.309 e. The first-order valence-electron chi connectivity index (χ1n) is 6.92. The van der Waals surface area contributed by atoms with Crippen LogP contribution in [-0.4, -0.2) is 20.6 Å². The monoisotopic (exact) mass is 258 g/mol. The van der Waals surface area contributed by atoms with E-state index < -0.39 is 0 Å². The van der Waals surface area contributed by atoms with E-state index in [2.05, 4.69) is 47.8 Å². The summed E-state index contributed by atoms with van der Waals surface area (Å²) < 4.78 is 2.07. The van der Waals surface area contributed by atoms with Crippen LogP contribution in [0.5, 0.6) is 0 Å². The third-order valence-electron chi connectivity index (χ3n) is 2.92. The zero-order valence-corrected chi connectivity index (χ0v) is 11.9. The summed E-state index contributed by atoms with van der Waals surface area (Å²) in [6, 6.07) is 6.60. The lowest BCUT2D eigenvalue weighted by atomic mass is 10.3. The number of nitrogens with zero attached hydrogens (tertiary/aromatic N) is 3. The number of hydrogen-bond donors (Lipinski definition) is 1. The van der Waals surface area contributed by atoms with E-state index in [0.717, 1.165) is 36.7 Å². The van der Waals surface area contributed by atoms with Crippen LogP contribution in [0.1, 0.15) is 38.7 Å². The van der Waals surface area contributed by atoms with Crippen molar-refractivity contribution in [3.63, 3.8) is 0 Å². The fraction of sp³-hybridized carbons (Fsp3) is 0.467. The smallest absolute Gasteiger partial charge is 0.138 e. The maximum atomic E-state index is 4.69. The lowest BCUT2D eigenvalue weighted by Crippen LogP contribution is -2.22. The minimum atomic E-state index is 0.467. The van der Waals surface area contributed by atoms with E-state index in [-0.39, 0.29) is 0 Å². The molecule has 2 aromatic rings. The molecule has 0 bridgehead atoms. The van der Waals surface area contributed by atoms with Gasteiger partial charge in [-0.25, -0.2) is 9.97 Å². The molecular formula is C15H22N4. The van der Waals surface area contributed by atoms with Crippen molar-refractivity contribution < 1.29 is 0 Å². The average molecular weight is 258 g/mol. The van der Waals surface area contributed by atoms with Crippen molar-refractivity contribution in [2.45, 2.75) is 46.2 Å². The van der Waals surface area contributed by atoms with Crippen LogP contribution in [0.3, 0.4) is 0 Å². The van der Waals surface area contributed by atoms with Gasteiger partial charge in [0.15, 0.2) is 0 Å². The standard InChI is InChI=1S/C15H22N4/c1-4-6-14-16-9-10-19(14)15-8-5-7-13(18-15)11-17-12(2)3/h5,7-10,12,17H,4,6,11H2,1-3H3. The van der Waals surface area contributed by atoms with Crippen molar-refractivity contribution in [2.24, 2.45) is 0 Å². The fourth-order valence-corrected chi connectivity index (χ4v) is 1.96. The van der Waals surface area contributed by atoms with Crippen LogP contribution in [0.25, 0.3) is 5.82 Å². The topological polar surface area (TPSA) is 42.7 Å². The molecule has 0 spiro atoms. The highest BCUT2D eigenvalue weighted by Gasteiger charge is 2.06. The van der Waals surface area contributed by atoms with Crippen molar-refractivity contribution in [3.8, 4) is 5.82 Å². The van der Waals surface area contributed by atoms with Gasteiger partial charge in [0.2, 0.25) is 0 Å². The molecule has 0 aliphatic rings. The Morgan fingerprint density at radius 3 is 2.89 bits per heavy atom. The van der Waals surface area contributed by atoms with Crippen molar-refractivity contribution in [1.29, 1.82) is 0 Å². The summed E-state index contributed by atoms with van der Waals surface area (Å²) in [5.41, 5.74) is 1.06. The Hall–Kier alpha value is -1.68. The first kappa shape index (κ1) is 13.7. The van der Waals surface area contributed by atoms with E-state index in [1.807, 2.05) is 18.5 Å². The second-order valence-corrected chi connectivity index (χ2v) is 4.99. The van der Waals surface area contributed by atoms with Gasteiger partial charge in [-0.15, -0.1) is 0 Å². The van der Waals surface area contributed by atoms with Gasteiger partial charge in [-0.2, -0.15) is 0 Å². The third kappa shape index (κ3) is 3.64. The molecular weight excluding hydrogens is 236 g/mol. The van der Waals surface area contributed by atoms with E-state index in [9.17, 15) is 0 Å². The highest BCUT2D eigenvalue weighted by Crippen LogP contribution is 2.10. The molecule has 2 heterocycles. The molecule has 102 valence electrons. The summed E-state index contributed by atoms with van der Waals surface area (Å²) in [5.74, 6) is 2.02. The molecule has 0 atom stereocenters. The summed E-state index contributed by atoms with van der Waals surface area (Å²) in [4.78, 5) is 9.08. The maximum Gasteiger partial charge on any atom is 0.138 e. The predicted molar refractivity (Wildman–Crippen MR) is 77.3 cm³/mol. The fourth-order valence-electron chi connectivity index (χ4n) is 1.96. The molecule has 0 unspecified atom stereocenters. The molecule has 2 aromatic heterocycles. The van der Waals surface area contributed by atoms with Gasteiger partial charge in [-0.1, -0.05) is 26.8 Å². The second kappa shape index (κ2) is 6.48. The summed E-state index contributed by atoms with van der Waals surface area (Å²) in [5, 5.41) is 3.39. The van der Waals surface area contributed by atoms with Crippen LogP contribution in [0.4, 0.5) is 0 Å². The van der Waals surface area contributed by atoms with E-state index >= 15 is 0 Å². The van der Waals surface area contributed by atoms with Crippen LogP contribution >= 0.6 is 0 Å². The summed E-state index contributed by atoms with van der Waals surface area (Å²) in [7, 11) is 0. The van der Waals surface area contributed by atoms with E-state index in [4.69, 9.17) is 4.98 Å². The van der Waals surface area contributed by atoms with E-state index in [0.29, 0.717) is 6.04 Å². The Morgan fingerprint density at radius 2 is 2.16 bits per heavy atom. The molecule has 0 amide bonds. The van der Waals surface area contributed by atoms with Gasteiger partial charge < -0.3 is 5.32 Å². The molecule has 0 aromatic carbocycles. The number of pyridine rings is 1. The van der Waals surface area contributed by atoms with Crippen LogP contribution in [0.2, 0.25) is 0 Å². The minimum absolute atomic E-state index is 0.467. The number of nitrogens with one attached hydrogen (secondary N) is 1. The molecule has 0 saturated heterocycles. The average Bonchev–Trinajstić information content (AvgIpc) is 2.85. The zero-order chi connectivity index (χ0) is 13.7. The zero-order valence-electron chi connectivity index (χ0n) is 11.9. The number of imidazole rings is 1. The highest BCUT2D eigenvalue weighted by molar-refractivity contribution is 5.26. The molecule has 0 saturated carbocycles. The number of aromatic nitrogens is 3. The Labute approximate surface area is 114 Å². The Bertz CT molecular complexity index is 516. The Morgan fingerprint density at radius 1 is 1.32 bits per heavy atom. The van der Waals surface area contributed by atoms with Gasteiger partial charge in [0.05, 0.1) is 5.69 Å². The molecule has 2 rings (SSSR count). The number of hydrogen-bond acceptors (Lipinski definition) is 3. The molecule has 19 heavy (non-hydrogen) atoms. The summed E-state index contributed by atoms with van der Waals surface area (Å²) in [6.45, 7) is 7.23. The first-order chi connectivity index (χ1) is 9.20. The molecule has 0 radical (unpaired) electrons. The van der Waals surface area contributed by atoms with Crippen molar-refractivity contribution in [2.75, 3.05) is 0 Å². The highest BCUT2D eigenvalue weighted by atomic mass is 15.1. The molecule has 1 N–H and O–H groups in total. The van der Waals surface area contributed by atoms with Crippen molar-refractivity contribution >= 4 is 0 Å². The lowest BCUT2D eigenvalue weighted by Gasteiger charge is -2.10. The normalized spacial score (nSPS) is 11.2. The molecule has 0 aliphatic heterocycles. The first-order valence-corrected chi connectivity index (χ1v) is 6.92. The number of aryl methyl sites for hydroxylation is 1. The van der Waals surface area contributed by atoms with E-state index in [1.165, 1.54) is 0 Å². The maximum absolute atomic E-state index is 4.69. The van der Waals surface area contributed by atoms with Gasteiger partial charge in [0.25, 0.3) is 0 Å². The van der Waals surface area contributed by atoms with Crippen LogP contribution < -0.4 is 5.32 Å². The van der Waals surface area contributed by atoms with Gasteiger partial charge in [-0.05, 0) is 18.6 Å². The Balaban J connectivity index is 2.20. The predicted octanol–water partition coefficient (Wildman–Crippen LogP) is 2.72. The molecule has 4 nitrogen and oxygen atoms in total. The molecule has 4 heteroatoms.